The average Bonchev–Trinajstić information content (AvgIpc) is 2.51. The number of nitrogens with one attached hydrogen (secondary N) is 2. The fraction of sp³-hybridized carbons (Fsp3) is 0.438. The van der Waals surface area contributed by atoms with Crippen LogP contribution in [0.5, 0.6) is 0 Å². The molecule has 22 heavy (non-hydrogen) atoms. The Hall–Kier alpha value is -2.39. The number of nitrogens with two attached hydrogens (primary N) is 1. The molecule has 4 N–H and O–H groups in total. The lowest BCUT2D eigenvalue weighted by atomic mass is 10.0. The molecule has 0 saturated heterocycles. The summed E-state index contributed by atoms with van der Waals surface area (Å²) in [5.41, 5.74) is 6.87. The fourth-order valence-corrected chi connectivity index (χ4v) is 2.03. The largest absolute Gasteiger partial charge is 0.341 e. The smallest absolute Gasteiger partial charge is 0.251 e. The first-order valence-electron chi connectivity index (χ1n) is 7.22. The van der Waals surface area contributed by atoms with Crippen molar-refractivity contribution in [3.05, 3.63) is 35.4 Å². The molecule has 118 valence electrons. The molecule has 0 spiro atoms. The summed E-state index contributed by atoms with van der Waals surface area (Å²) in [6.45, 7) is 4.20. The van der Waals surface area contributed by atoms with Crippen molar-refractivity contribution < 1.29 is 9.59 Å². The minimum atomic E-state index is -0.664. The number of hydrogen-bond acceptors (Lipinski definition) is 4. The molecule has 0 fully saturated rings. The zero-order valence-corrected chi connectivity index (χ0v) is 12.9. The number of benzene rings is 1. The molecule has 1 rings (SSSR count). The van der Waals surface area contributed by atoms with E-state index in [-0.39, 0.29) is 24.3 Å². The second-order valence-corrected chi connectivity index (χ2v) is 5.44. The van der Waals surface area contributed by atoms with Crippen molar-refractivity contribution in [2.75, 3.05) is 6.54 Å². The number of nitriles is 1. The quantitative estimate of drug-likeness (QED) is 0.651. The van der Waals surface area contributed by atoms with Crippen LogP contribution in [0.4, 0.5) is 0 Å². The number of nitrogens with zero attached hydrogens (tertiary/aromatic N) is 1. The number of rotatable bonds is 7. The summed E-state index contributed by atoms with van der Waals surface area (Å²) in [5, 5.41) is 13.7. The van der Waals surface area contributed by atoms with Crippen LogP contribution in [0.15, 0.2) is 24.3 Å². The van der Waals surface area contributed by atoms with Crippen molar-refractivity contribution in [3.8, 4) is 6.07 Å². The maximum absolute atomic E-state index is 12.3. The molecular weight excluding hydrogens is 280 g/mol. The highest BCUT2D eigenvalue weighted by molar-refractivity contribution is 5.97. The van der Waals surface area contributed by atoms with Crippen molar-refractivity contribution in [2.45, 2.75) is 32.9 Å². The second kappa shape index (κ2) is 8.80. The van der Waals surface area contributed by atoms with Gasteiger partial charge in [-0.15, -0.1) is 0 Å². The van der Waals surface area contributed by atoms with E-state index >= 15 is 0 Å². The molecule has 1 aromatic carbocycles. The van der Waals surface area contributed by atoms with Gasteiger partial charge in [-0.1, -0.05) is 26.0 Å². The molecule has 0 aliphatic rings. The van der Waals surface area contributed by atoms with Crippen LogP contribution in [0.1, 0.15) is 36.2 Å². The van der Waals surface area contributed by atoms with Crippen molar-refractivity contribution in [2.24, 2.45) is 11.7 Å². The average molecular weight is 302 g/mol. The van der Waals surface area contributed by atoms with Crippen LogP contribution in [-0.2, 0) is 11.3 Å². The maximum Gasteiger partial charge on any atom is 0.251 e. The lowest BCUT2D eigenvalue weighted by Crippen LogP contribution is -2.47. The molecule has 0 heterocycles. The third kappa shape index (κ3) is 5.54. The van der Waals surface area contributed by atoms with Gasteiger partial charge in [-0.05, 0) is 30.0 Å². The van der Waals surface area contributed by atoms with Crippen molar-refractivity contribution >= 4 is 11.8 Å². The first-order chi connectivity index (χ1) is 10.5. The minimum Gasteiger partial charge on any atom is -0.341 e. The highest BCUT2D eigenvalue weighted by Gasteiger charge is 2.22. The Morgan fingerprint density at radius 1 is 1.36 bits per heavy atom. The lowest BCUT2D eigenvalue weighted by Gasteiger charge is -2.19. The van der Waals surface area contributed by atoms with Crippen LogP contribution in [0.25, 0.3) is 0 Å². The van der Waals surface area contributed by atoms with Gasteiger partial charge in [0.1, 0.15) is 12.6 Å². The van der Waals surface area contributed by atoms with E-state index in [4.69, 9.17) is 11.0 Å². The predicted molar refractivity (Wildman–Crippen MR) is 83.7 cm³/mol. The molecule has 1 aromatic rings. The molecule has 0 radical (unpaired) electrons. The monoisotopic (exact) mass is 302 g/mol. The number of carbonyl (C=O) groups is 2. The molecule has 0 saturated carbocycles. The van der Waals surface area contributed by atoms with Gasteiger partial charge in [0, 0.05) is 12.1 Å². The van der Waals surface area contributed by atoms with Gasteiger partial charge in [-0.25, -0.2) is 0 Å². The molecule has 0 aromatic heterocycles. The zero-order chi connectivity index (χ0) is 16.5. The van der Waals surface area contributed by atoms with Crippen molar-refractivity contribution in [1.29, 1.82) is 5.26 Å². The lowest BCUT2D eigenvalue weighted by molar-refractivity contribution is -0.123. The van der Waals surface area contributed by atoms with Gasteiger partial charge < -0.3 is 16.4 Å². The molecule has 0 aliphatic carbocycles. The Kier molecular flexibility index (Phi) is 7.06. The molecule has 0 aliphatic heterocycles. The summed E-state index contributed by atoms with van der Waals surface area (Å²) < 4.78 is 0. The van der Waals surface area contributed by atoms with E-state index in [1.54, 1.807) is 18.2 Å². The Morgan fingerprint density at radius 3 is 2.68 bits per heavy atom. The van der Waals surface area contributed by atoms with Crippen LogP contribution in [-0.4, -0.2) is 24.4 Å². The van der Waals surface area contributed by atoms with Crippen molar-refractivity contribution in [1.82, 2.24) is 10.6 Å². The standard InChI is InChI=1S/C16H22N4O2/c1-11(2)8-14(16(22)19-7-6-17)20-15(21)13-5-3-4-12(9-13)10-18/h3-5,9,11,14H,7-8,10,18H2,1-2H3,(H,19,22)(H,20,21). The number of carbonyl (C=O) groups excluding carboxylic acids is 2. The Bertz CT molecular complexity index is 564. The van der Waals surface area contributed by atoms with Gasteiger partial charge in [-0.3, -0.25) is 9.59 Å². The Morgan fingerprint density at radius 2 is 2.09 bits per heavy atom. The van der Waals surface area contributed by atoms with Crippen LogP contribution in [0.2, 0.25) is 0 Å². The summed E-state index contributed by atoms with van der Waals surface area (Å²) >= 11 is 0. The van der Waals surface area contributed by atoms with Gasteiger partial charge in [0.15, 0.2) is 0 Å². The van der Waals surface area contributed by atoms with E-state index in [2.05, 4.69) is 10.6 Å². The van der Waals surface area contributed by atoms with E-state index in [1.165, 1.54) is 0 Å². The Balaban J connectivity index is 2.81. The second-order valence-electron chi connectivity index (χ2n) is 5.44. The Labute approximate surface area is 130 Å². The summed E-state index contributed by atoms with van der Waals surface area (Å²) in [6, 6.07) is 8.15. The van der Waals surface area contributed by atoms with E-state index in [0.29, 0.717) is 18.5 Å². The first kappa shape index (κ1) is 17.7. The summed E-state index contributed by atoms with van der Waals surface area (Å²) in [5.74, 6) is -0.444. The fourth-order valence-electron chi connectivity index (χ4n) is 2.03. The summed E-state index contributed by atoms with van der Waals surface area (Å²) in [7, 11) is 0. The van der Waals surface area contributed by atoms with E-state index in [0.717, 1.165) is 5.56 Å². The molecule has 1 atom stereocenters. The normalized spacial score (nSPS) is 11.6. The van der Waals surface area contributed by atoms with E-state index in [9.17, 15) is 9.59 Å². The number of hydrogen-bond donors (Lipinski definition) is 3. The van der Waals surface area contributed by atoms with Crippen LogP contribution in [0.3, 0.4) is 0 Å². The maximum atomic E-state index is 12.3. The predicted octanol–water partition coefficient (Wildman–Crippen LogP) is 0.930. The topological polar surface area (TPSA) is 108 Å². The van der Waals surface area contributed by atoms with Gasteiger partial charge >= 0.3 is 0 Å². The number of amides is 2. The highest BCUT2D eigenvalue weighted by atomic mass is 16.2. The molecule has 2 amide bonds. The van der Waals surface area contributed by atoms with Gasteiger partial charge in [0.05, 0.1) is 6.07 Å². The van der Waals surface area contributed by atoms with Gasteiger partial charge in [0.25, 0.3) is 5.91 Å². The van der Waals surface area contributed by atoms with E-state index in [1.807, 2.05) is 26.0 Å². The molecule has 6 heteroatoms. The third-order valence-electron chi connectivity index (χ3n) is 3.10. The van der Waals surface area contributed by atoms with Gasteiger partial charge in [0.2, 0.25) is 5.91 Å². The zero-order valence-electron chi connectivity index (χ0n) is 12.9. The molecule has 0 bridgehead atoms. The SMILES string of the molecule is CC(C)CC(NC(=O)c1cccc(CN)c1)C(=O)NCC#N. The highest BCUT2D eigenvalue weighted by Crippen LogP contribution is 2.08. The molecular formula is C16H22N4O2. The molecule has 6 nitrogen and oxygen atoms in total. The molecule has 1 unspecified atom stereocenters. The summed E-state index contributed by atoms with van der Waals surface area (Å²) in [6.07, 6.45) is 0.500. The van der Waals surface area contributed by atoms with Crippen LogP contribution in [0, 0.1) is 17.2 Å². The van der Waals surface area contributed by atoms with Crippen molar-refractivity contribution in [3.63, 3.8) is 0 Å². The van der Waals surface area contributed by atoms with Crippen LogP contribution < -0.4 is 16.4 Å². The third-order valence-corrected chi connectivity index (χ3v) is 3.10. The van der Waals surface area contributed by atoms with Gasteiger partial charge in [-0.2, -0.15) is 5.26 Å². The van der Waals surface area contributed by atoms with Crippen LogP contribution >= 0.6 is 0 Å². The summed E-state index contributed by atoms with van der Waals surface area (Å²) in [4.78, 5) is 24.3. The first-order valence-corrected chi connectivity index (χ1v) is 7.22. The van der Waals surface area contributed by atoms with E-state index < -0.39 is 6.04 Å². The minimum absolute atomic E-state index is 0.0774.